The smallest absolute Gasteiger partial charge is 0.244 e. The molecule has 0 radical (unpaired) electrons. The number of sulfonamides is 1. The summed E-state index contributed by atoms with van der Waals surface area (Å²) in [6.45, 7) is 12.8. The summed E-state index contributed by atoms with van der Waals surface area (Å²) >= 11 is 0. The second-order valence-corrected chi connectivity index (χ2v) is 10.8. The molecule has 2 aliphatic rings. The molecule has 10 heteroatoms. The molecule has 2 aliphatic heterocycles. The SMILES string of the molecule is C=C(C)CN(CC)C(=O)CN1CC2(CCN(S(C)(=O)=O)CC2)CC1c1nc(C)no1. The first-order valence-corrected chi connectivity index (χ1v) is 12.3. The summed E-state index contributed by atoms with van der Waals surface area (Å²) in [6.07, 6.45) is 3.57. The monoisotopic (exact) mass is 439 g/mol. The maximum Gasteiger partial charge on any atom is 0.244 e. The Bertz CT molecular complexity index is 889. The second kappa shape index (κ2) is 8.76. The minimum absolute atomic E-state index is 0.0485. The fourth-order valence-electron chi connectivity index (χ4n) is 4.63. The molecule has 2 saturated heterocycles. The summed E-state index contributed by atoms with van der Waals surface area (Å²) in [5.74, 6) is 1.15. The van der Waals surface area contributed by atoms with Crippen molar-refractivity contribution in [1.82, 2.24) is 24.2 Å². The van der Waals surface area contributed by atoms with Gasteiger partial charge >= 0.3 is 0 Å². The molecule has 30 heavy (non-hydrogen) atoms. The van der Waals surface area contributed by atoms with Crippen LogP contribution in [0.25, 0.3) is 0 Å². The molecule has 1 amide bonds. The third-order valence-electron chi connectivity index (χ3n) is 6.22. The molecule has 1 aromatic rings. The van der Waals surface area contributed by atoms with Gasteiger partial charge in [-0.15, -0.1) is 0 Å². The Morgan fingerprint density at radius 2 is 2.03 bits per heavy atom. The highest BCUT2D eigenvalue weighted by molar-refractivity contribution is 7.88. The van der Waals surface area contributed by atoms with Crippen molar-refractivity contribution in [3.05, 3.63) is 23.9 Å². The van der Waals surface area contributed by atoms with E-state index >= 15 is 0 Å². The zero-order valence-electron chi connectivity index (χ0n) is 18.4. The van der Waals surface area contributed by atoms with E-state index < -0.39 is 10.0 Å². The number of likely N-dealkylation sites (tertiary alicyclic amines) is 1. The van der Waals surface area contributed by atoms with Gasteiger partial charge in [-0.1, -0.05) is 17.3 Å². The molecule has 2 fully saturated rings. The van der Waals surface area contributed by atoms with Crippen molar-refractivity contribution in [3.63, 3.8) is 0 Å². The zero-order valence-corrected chi connectivity index (χ0v) is 19.2. The Morgan fingerprint density at radius 1 is 1.37 bits per heavy atom. The number of nitrogens with zero attached hydrogens (tertiary/aromatic N) is 5. The van der Waals surface area contributed by atoms with Crippen molar-refractivity contribution in [2.45, 2.75) is 46.1 Å². The van der Waals surface area contributed by atoms with Gasteiger partial charge in [0.25, 0.3) is 0 Å². The number of amides is 1. The van der Waals surface area contributed by atoms with Crippen LogP contribution in [-0.4, -0.2) is 84.1 Å². The molecule has 9 nitrogen and oxygen atoms in total. The van der Waals surface area contributed by atoms with Crippen LogP contribution in [0, 0.1) is 12.3 Å². The molecular formula is C20H33N5O4S. The molecule has 0 bridgehead atoms. The maximum atomic E-state index is 13.0. The maximum absolute atomic E-state index is 13.0. The molecule has 168 valence electrons. The van der Waals surface area contributed by atoms with E-state index in [1.165, 1.54) is 6.26 Å². The summed E-state index contributed by atoms with van der Waals surface area (Å²) in [6, 6.07) is -0.136. The van der Waals surface area contributed by atoms with Crippen molar-refractivity contribution in [2.75, 3.05) is 45.5 Å². The first-order chi connectivity index (χ1) is 14.0. The van der Waals surface area contributed by atoms with Gasteiger partial charge in [-0.25, -0.2) is 12.7 Å². The van der Waals surface area contributed by atoms with E-state index in [0.29, 0.717) is 44.4 Å². The molecule has 3 heterocycles. The highest BCUT2D eigenvalue weighted by Crippen LogP contribution is 2.48. The quantitative estimate of drug-likeness (QED) is 0.595. The van der Waals surface area contributed by atoms with Gasteiger partial charge in [-0.05, 0) is 45.4 Å². The van der Waals surface area contributed by atoms with Gasteiger partial charge in [0.2, 0.25) is 21.8 Å². The van der Waals surface area contributed by atoms with Crippen LogP contribution >= 0.6 is 0 Å². The molecule has 1 unspecified atom stereocenters. The average Bonchev–Trinajstić information content (AvgIpc) is 3.23. The molecule has 0 aliphatic carbocycles. The van der Waals surface area contributed by atoms with Crippen LogP contribution in [0.5, 0.6) is 0 Å². The van der Waals surface area contributed by atoms with Crippen LogP contribution in [0.4, 0.5) is 0 Å². The average molecular weight is 440 g/mol. The predicted molar refractivity (Wildman–Crippen MR) is 113 cm³/mol. The third-order valence-corrected chi connectivity index (χ3v) is 7.52. The fraction of sp³-hybridized carbons (Fsp3) is 0.750. The van der Waals surface area contributed by atoms with E-state index in [1.807, 2.05) is 13.8 Å². The van der Waals surface area contributed by atoms with Gasteiger partial charge in [0.15, 0.2) is 5.82 Å². The summed E-state index contributed by atoms with van der Waals surface area (Å²) in [4.78, 5) is 21.4. The lowest BCUT2D eigenvalue weighted by Crippen LogP contribution is -2.45. The van der Waals surface area contributed by atoms with Crippen LogP contribution in [0.3, 0.4) is 0 Å². The molecular weight excluding hydrogens is 406 g/mol. The minimum atomic E-state index is -3.18. The van der Waals surface area contributed by atoms with Gasteiger partial charge in [0.05, 0.1) is 18.8 Å². The molecule has 1 atom stereocenters. The van der Waals surface area contributed by atoms with Gasteiger partial charge in [-0.2, -0.15) is 4.98 Å². The lowest BCUT2D eigenvalue weighted by atomic mass is 9.77. The van der Waals surface area contributed by atoms with Crippen molar-refractivity contribution < 1.29 is 17.7 Å². The summed E-state index contributed by atoms with van der Waals surface area (Å²) in [5, 5.41) is 3.94. The van der Waals surface area contributed by atoms with E-state index in [0.717, 1.165) is 24.8 Å². The Hall–Kier alpha value is -1.78. The number of aromatic nitrogens is 2. The Morgan fingerprint density at radius 3 is 2.53 bits per heavy atom. The summed E-state index contributed by atoms with van der Waals surface area (Å²) < 4.78 is 30.8. The summed E-state index contributed by atoms with van der Waals surface area (Å²) in [7, 11) is -3.18. The zero-order chi connectivity index (χ0) is 22.1. The third kappa shape index (κ3) is 5.09. The number of hydrogen-bond donors (Lipinski definition) is 0. The highest BCUT2D eigenvalue weighted by Gasteiger charge is 2.49. The van der Waals surface area contributed by atoms with Crippen LogP contribution in [0.1, 0.15) is 50.9 Å². The minimum Gasteiger partial charge on any atom is -0.338 e. The van der Waals surface area contributed by atoms with E-state index in [4.69, 9.17) is 4.52 Å². The number of piperidine rings is 1. The fourth-order valence-corrected chi connectivity index (χ4v) is 5.48. The Kier molecular flexibility index (Phi) is 6.69. The molecule has 1 spiro atoms. The summed E-state index contributed by atoms with van der Waals surface area (Å²) in [5.41, 5.74) is 0.889. The van der Waals surface area contributed by atoms with Crippen molar-refractivity contribution in [1.29, 1.82) is 0 Å². The van der Waals surface area contributed by atoms with E-state index in [1.54, 1.807) is 16.1 Å². The topological polar surface area (TPSA) is 99.9 Å². The molecule has 0 saturated carbocycles. The van der Waals surface area contributed by atoms with Gasteiger partial charge < -0.3 is 9.42 Å². The lowest BCUT2D eigenvalue weighted by Gasteiger charge is -2.38. The highest BCUT2D eigenvalue weighted by atomic mass is 32.2. The lowest BCUT2D eigenvalue weighted by molar-refractivity contribution is -0.132. The van der Waals surface area contributed by atoms with Gasteiger partial charge in [0.1, 0.15) is 0 Å². The van der Waals surface area contributed by atoms with Gasteiger partial charge in [-0.3, -0.25) is 9.69 Å². The number of carbonyl (C=O) groups is 1. The number of likely N-dealkylation sites (N-methyl/N-ethyl adjacent to an activating group) is 1. The number of rotatable bonds is 7. The van der Waals surface area contributed by atoms with Crippen LogP contribution < -0.4 is 0 Å². The second-order valence-electron chi connectivity index (χ2n) is 8.83. The largest absolute Gasteiger partial charge is 0.338 e. The van der Waals surface area contributed by atoms with Crippen LogP contribution in [0.15, 0.2) is 16.7 Å². The predicted octanol–water partition coefficient (Wildman–Crippen LogP) is 1.59. The van der Waals surface area contributed by atoms with E-state index in [-0.39, 0.29) is 23.9 Å². The van der Waals surface area contributed by atoms with Crippen molar-refractivity contribution in [2.24, 2.45) is 5.41 Å². The first kappa shape index (κ1) is 22.9. The molecule has 0 aromatic carbocycles. The van der Waals surface area contributed by atoms with Crippen LogP contribution in [-0.2, 0) is 14.8 Å². The van der Waals surface area contributed by atoms with Gasteiger partial charge in [0, 0.05) is 32.7 Å². The first-order valence-electron chi connectivity index (χ1n) is 10.4. The number of aryl methyl sites for hydroxylation is 1. The van der Waals surface area contributed by atoms with Crippen molar-refractivity contribution in [3.8, 4) is 0 Å². The van der Waals surface area contributed by atoms with E-state index in [9.17, 15) is 13.2 Å². The Balaban J connectivity index is 1.78. The Labute approximate surface area is 179 Å². The molecule has 0 N–H and O–H groups in total. The molecule has 1 aromatic heterocycles. The number of hydrogen-bond acceptors (Lipinski definition) is 7. The van der Waals surface area contributed by atoms with Crippen molar-refractivity contribution >= 4 is 15.9 Å². The molecule has 3 rings (SSSR count). The van der Waals surface area contributed by atoms with E-state index in [2.05, 4.69) is 21.6 Å². The number of carbonyl (C=O) groups excluding carboxylic acids is 1. The standard InChI is InChI=1S/C20H33N5O4S/c1-6-23(12-15(2)3)18(26)13-24-14-20(7-9-25(10-8-20)30(5,27)28)11-17(24)19-21-16(4)22-29-19/h17H,2,6-14H2,1,3-5H3. The normalized spacial score (nSPS) is 22.5. The van der Waals surface area contributed by atoms with Crippen LogP contribution in [0.2, 0.25) is 0 Å².